The van der Waals surface area contributed by atoms with Crippen molar-refractivity contribution < 1.29 is 24.2 Å². The molecule has 0 spiro atoms. The van der Waals surface area contributed by atoms with Gasteiger partial charge in [0.1, 0.15) is 12.4 Å². The Morgan fingerprint density at radius 1 is 1.32 bits per heavy atom. The lowest BCUT2D eigenvalue weighted by atomic mass is 9.94. The summed E-state index contributed by atoms with van der Waals surface area (Å²) in [7, 11) is 1.55. The van der Waals surface area contributed by atoms with Gasteiger partial charge in [0.15, 0.2) is 0 Å². The van der Waals surface area contributed by atoms with E-state index in [1.54, 1.807) is 19.2 Å². The molecule has 6 nitrogen and oxygen atoms in total. The molecule has 0 radical (unpaired) electrons. The number of carbonyl (C=O) groups excluding carboxylic acids is 1. The third-order valence-electron chi connectivity index (χ3n) is 3.00. The number of amides is 1. The molecule has 7 heteroatoms. The summed E-state index contributed by atoms with van der Waals surface area (Å²) in [6.45, 7) is 3.73. The molecule has 1 amide bonds. The van der Waals surface area contributed by atoms with Gasteiger partial charge in [0.2, 0.25) is 0 Å². The van der Waals surface area contributed by atoms with Crippen molar-refractivity contribution >= 4 is 23.5 Å². The summed E-state index contributed by atoms with van der Waals surface area (Å²) in [6.07, 6.45) is 0. The maximum atomic E-state index is 12.2. The lowest BCUT2D eigenvalue weighted by molar-refractivity contribution is -0.146. The summed E-state index contributed by atoms with van der Waals surface area (Å²) < 4.78 is 10.4. The number of hydrogen-bond acceptors (Lipinski definition) is 4. The molecule has 0 unspecified atom stereocenters. The van der Waals surface area contributed by atoms with E-state index < -0.39 is 17.3 Å². The Kier molecular flexibility index (Phi) is 6.64. The van der Waals surface area contributed by atoms with Crippen LogP contribution in [0, 0.1) is 5.41 Å². The number of aliphatic carboxylic acids is 1. The lowest BCUT2D eigenvalue weighted by Gasteiger charge is -2.20. The van der Waals surface area contributed by atoms with E-state index in [0.29, 0.717) is 24.0 Å². The highest BCUT2D eigenvalue weighted by atomic mass is 35.5. The van der Waals surface area contributed by atoms with Gasteiger partial charge in [-0.3, -0.25) is 9.59 Å². The van der Waals surface area contributed by atoms with Crippen LogP contribution in [0.2, 0.25) is 5.02 Å². The maximum absolute atomic E-state index is 12.2. The number of methoxy groups -OCH3 is 1. The number of rotatable bonds is 8. The third-order valence-corrected chi connectivity index (χ3v) is 3.24. The van der Waals surface area contributed by atoms with Crippen LogP contribution in [0.4, 0.5) is 0 Å². The zero-order valence-corrected chi connectivity index (χ0v) is 13.6. The Morgan fingerprint density at radius 2 is 2.00 bits per heavy atom. The fourth-order valence-electron chi connectivity index (χ4n) is 1.51. The molecule has 0 aliphatic rings. The summed E-state index contributed by atoms with van der Waals surface area (Å²) in [4.78, 5) is 23.3. The molecule has 0 aliphatic carbocycles. The summed E-state index contributed by atoms with van der Waals surface area (Å²) >= 11 is 5.91. The maximum Gasteiger partial charge on any atom is 0.310 e. The van der Waals surface area contributed by atoms with E-state index in [0.717, 1.165) is 0 Å². The van der Waals surface area contributed by atoms with Gasteiger partial charge in [-0.15, -0.1) is 0 Å². The van der Waals surface area contributed by atoms with Crippen molar-refractivity contribution in [2.45, 2.75) is 13.8 Å². The standard InChI is InChI=1S/C15H20ClNO5/c1-15(2,14(19)20)9-17-13(18)11-8-10(16)4-5-12(11)22-7-6-21-3/h4-5,8H,6-7,9H2,1-3H3,(H,17,18)(H,19,20). The van der Waals surface area contributed by atoms with Crippen molar-refractivity contribution in [3.05, 3.63) is 28.8 Å². The molecule has 0 atom stereocenters. The molecule has 122 valence electrons. The predicted molar refractivity (Wildman–Crippen MR) is 82.6 cm³/mol. The largest absolute Gasteiger partial charge is 0.490 e. The quantitative estimate of drug-likeness (QED) is 0.714. The average Bonchev–Trinajstić information content (AvgIpc) is 2.46. The number of benzene rings is 1. The second kappa shape index (κ2) is 8.00. The van der Waals surface area contributed by atoms with Gasteiger partial charge in [-0.05, 0) is 32.0 Å². The van der Waals surface area contributed by atoms with Gasteiger partial charge in [0.05, 0.1) is 17.6 Å². The van der Waals surface area contributed by atoms with Gasteiger partial charge in [-0.1, -0.05) is 11.6 Å². The molecule has 1 aromatic carbocycles. The fourth-order valence-corrected chi connectivity index (χ4v) is 1.68. The Morgan fingerprint density at radius 3 is 2.59 bits per heavy atom. The minimum absolute atomic E-state index is 0.00874. The molecule has 0 fully saturated rings. The van der Waals surface area contributed by atoms with Gasteiger partial charge in [0, 0.05) is 18.7 Å². The van der Waals surface area contributed by atoms with E-state index in [1.807, 2.05) is 0 Å². The summed E-state index contributed by atoms with van der Waals surface area (Å²) in [5.74, 6) is -1.06. The second-order valence-electron chi connectivity index (χ2n) is 5.35. The van der Waals surface area contributed by atoms with E-state index >= 15 is 0 Å². The van der Waals surface area contributed by atoms with Crippen LogP contribution >= 0.6 is 11.6 Å². The van der Waals surface area contributed by atoms with Crippen LogP contribution in [0.25, 0.3) is 0 Å². The zero-order valence-electron chi connectivity index (χ0n) is 12.8. The Bertz CT molecular complexity index is 545. The zero-order chi connectivity index (χ0) is 16.8. The van der Waals surface area contributed by atoms with Crippen LogP contribution in [0.3, 0.4) is 0 Å². The minimum Gasteiger partial charge on any atom is -0.490 e. The average molecular weight is 330 g/mol. The molecular formula is C15H20ClNO5. The molecule has 2 N–H and O–H groups in total. The van der Waals surface area contributed by atoms with Crippen molar-refractivity contribution in [2.75, 3.05) is 26.9 Å². The minimum atomic E-state index is -1.06. The van der Waals surface area contributed by atoms with Gasteiger partial charge in [-0.2, -0.15) is 0 Å². The van der Waals surface area contributed by atoms with Crippen LogP contribution in [0.1, 0.15) is 24.2 Å². The van der Waals surface area contributed by atoms with Crippen LogP contribution < -0.4 is 10.1 Å². The molecule has 0 bridgehead atoms. The molecule has 0 aromatic heterocycles. The first-order valence-corrected chi connectivity index (χ1v) is 7.08. The molecule has 22 heavy (non-hydrogen) atoms. The van der Waals surface area contributed by atoms with Crippen LogP contribution in [-0.4, -0.2) is 43.9 Å². The molecule has 1 rings (SSSR count). The third kappa shape index (κ3) is 5.20. The van der Waals surface area contributed by atoms with Crippen LogP contribution in [0.15, 0.2) is 18.2 Å². The molecule has 0 saturated carbocycles. The highest BCUT2D eigenvalue weighted by Gasteiger charge is 2.28. The van der Waals surface area contributed by atoms with Crippen molar-refractivity contribution in [3.63, 3.8) is 0 Å². The van der Waals surface area contributed by atoms with E-state index in [-0.39, 0.29) is 12.1 Å². The first-order chi connectivity index (χ1) is 10.3. The van der Waals surface area contributed by atoms with Gasteiger partial charge < -0.3 is 19.9 Å². The van der Waals surface area contributed by atoms with E-state index in [1.165, 1.54) is 19.9 Å². The van der Waals surface area contributed by atoms with E-state index in [4.69, 9.17) is 26.2 Å². The van der Waals surface area contributed by atoms with Gasteiger partial charge >= 0.3 is 5.97 Å². The summed E-state index contributed by atoms with van der Waals surface area (Å²) in [5.41, 5.74) is -0.810. The van der Waals surface area contributed by atoms with Gasteiger partial charge in [0.25, 0.3) is 5.91 Å². The van der Waals surface area contributed by atoms with E-state index in [9.17, 15) is 9.59 Å². The van der Waals surface area contributed by atoms with Crippen LogP contribution in [0.5, 0.6) is 5.75 Å². The number of carboxylic acid groups (broad SMARTS) is 1. The monoisotopic (exact) mass is 329 g/mol. The first-order valence-electron chi connectivity index (χ1n) is 6.71. The molecule has 0 saturated heterocycles. The van der Waals surface area contributed by atoms with Crippen LogP contribution in [-0.2, 0) is 9.53 Å². The lowest BCUT2D eigenvalue weighted by Crippen LogP contribution is -2.39. The Labute approximate surface area is 134 Å². The van der Waals surface area contributed by atoms with Crippen molar-refractivity contribution in [3.8, 4) is 5.75 Å². The smallest absolute Gasteiger partial charge is 0.310 e. The van der Waals surface area contributed by atoms with Crippen molar-refractivity contribution in [2.24, 2.45) is 5.41 Å². The molecular weight excluding hydrogens is 310 g/mol. The number of hydrogen-bond donors (Lipinski definition) is 2. The number of carbonyl (C=O) groups is 2. The van der Waals surface area contributed by atoms with Crippen molar-refractivity contribution in [1.82, 2.24) is 5.32 Å². The second-order valence-corrected chi connectivity index (χ2v) is 5.79. The van der Waals surface area contributed by atoms with Crippen molar-refractivity contribution in [1.29, 1.82) is 0 Å². The topological polar surface area (TPSA) is 84.9 Å². The predicted octanol–water partition coefficient (Wildman–Crippen LogP) is 2.21. The summed E-state index contributed by atoms with van der Waals surface area (Å²) in [5, 5.41) is 12.0. The molecule has 0 heterocycles. The normalized spacial score (nSPS) is 11.1. The van der Waals surface area contributed by atoms with E-state index in [2.05, 4.69) is 5.32 Å². The summed E-state index contributed by atoms with van der Waals surface area (Å²) in [6, 6.07) is 4.68. The highest BCUT2D eigenvalue weighted by molar-refractivity contribution is 6.31. The molecule has 0 aliphatic heterocycles. The number of carboxylic acids is 1. The number of halogens is 1. The fraction of sp³-hybridized carbons (Fsp3) is 0.467. The Hall–Kier alpha value is -1.79. The Balaban J connectivity index is 2.82. The number of ether oxygens (including phenoxy) is 2. The SMILES string of the molecule is COCCOc1ccc(Cl)cc1C(=O)NCC(C)(C)C(=O)O. The highest BCUT2D eigenvalue weighted by Crippen LogP contribution is 2.23. The van der Waals surface area contributed by atoms with Gasteiger partial charge in [-0.25, -0.2) is 0 Å². The molecule has 1 aromatic rings. The first kappa shape index (κ1) is 18.3. The number of nitrogens with one attached hydrogen (secondary N) is 1.